The first-order valence-corrected chi connectivity index (χ1v) is 15.3. The van der Waals surface area contributed by atoms with E-state index in [2.05, 4.69) is 66.7 Å². The summed E-state index contributed by atoms with van der Waals surface area (Å²) < 4.78 is 2.35. The maximum Gasteiger partial charge on any atom is 0.252 e. The largest absolute Gasteiger partial charge is 0.354 e. The molecule has 1 atom stereocenters. The van der Waals surface area contributed by atoms with Gasteiger partial charge in [-0.05, 0) is 73.3 Å². The number of rotatable bonds is 14. The van der Waals surface area contributed by atoms with E-state index in [0.717, 1.165) is 48.3 Å². The summed E-state index contributed by atoms with van der Waals surface area (Å²) in [5.41, 5.74) is 2.41. The topological polar surface area (TPSA) is 76.0 Å². The van der Waals surface area contributed by atoms with Crippen molar-refractivity contribution in [2.45, 2.75) is 71.9 Å². The second kappa shape index (κ2) is 13.8. The zero-order chi connectivity index (χ0) is 26.1. The van der Waals surface area contributed by atoms with Crippen LogP contribution in [0.25, 0.3) is 11.0 Å². The number of thiophene rings is 1. The molecule has 0 fully saturated rings. The van der Waals surface area contributed by atoms with E-state index in [1.54, 1.807) is 23.1 Å². The van der Waals surface area contributed by atoms with Gasteiger partial charge < -0.3 is 15.2 Å². The molecule has 1 aromatic carbocycles. The Kier molecular flexibility index (Phi) is 10.9. The van der Waals surface area contributed by atoms with Crippen molar-refractivity contribution in [3.63, 3.8) is 0 Å². The summed E-state index contributed by atoms with van der Waals surface area (Å²) in [5.74, 6) is 1.96. The molecular formula is C28H40N4O2S2. The fraction of sp³-hybridized carbons (Fsp3) is 0.536. The Balaban J connectivity index is 1.84. The third kappa shape index (κ3) is 7.35. The van der Waals surface area contributed by atoms with Gasteiger partial charge in [0, 0.05) is 29.4 Å². The molecule has 0 aliphatic rings. The van der Waals surface area contributed by atoms with Crippen LogP contribution in [0, 0.1) is 5.92 Å². The number of nitrogens with one attached hydrogen (secondary N) is 2. The Morgan fingerprint density at radius 1 is 1.17 bits per heavy atom. The molecule has 0 radical (unpaired) electrons. The summed E-state index contributed by atoms with van der Waals surface area (Å²) >= 11 is 3.50. The van der Waals surface area contributed by atoms with Crippen LogP contribution in [0.2, 0.25) is 0 Å². The summed E-state index contributed by atoms with van der Waals surface area (Å²) in [6.07, 6.45) is 6.38. The summed E-state index contributed by atoms with van der Waals surface area (Å²) in [5, 5.41) is 8.06. The third-order valence-corrected chi connectivity index (χ3v) is 7.97. The molecule has 1 unspecified atom stereocenters. The lowest BCUT2D eigenvalue weighted by atomic mass is 10.0. The van der Waals surface area contributed by atoms with E-state index >= 15 is 0 Å². The maximum absolute atomic E-state index is 13.2. The van der Waals surface area contributed by atoms with Crippen LogP contribution in [-0.2, 0) is 11.2 Å². The van der Waals surface area contributed by atoms with E-state index < -0.39 is 6.04 Å². The second-order valence-electron chi connectivity index (χ2n) is 9.62. The lowest BCUT2D eigenvalue weighted by molar-refractivity contribution is -0.123. The first-order chi connectivity index (χ1) is 17.4. The molecule has 2 amide bonds. The first-order valence-electron chi connectivity index (χ1n) is 13.0. The Labute approximate surface area is 223 Å². The summed E-state index contributed by atoms with van der Waals surface area (Å²) in [6.45, 7) is 9.16. The minimum atomic E-state index is -0.556. The predicted octanol–water partition coefficient (Wildman–Crippen LogP) is 6.06. The Morgan fingerprint density at radius 3 is 2.58 bits per heavy atom. The molecule has 36 heavy (non-hydrogen) atoms. The van der Waals surface area contributed by atoms with Crippen molar-refractivity contribution in [1.82, 2.24) is 20.2 Å². The van der Waals surface area contributed by atoms with Crippen LogP contribution in [0.5, 0.6) is 0 Å². The average Bonchev–Trinajstić information content (AvgIpc) is 3.49. The number of thioether (sulfide) groups is 1. The number of aromatic nitrogens is 2. The second-order valence-corrected chi connectivity index (χ2v) is 11.6. The van der Waals surface area contributed by atoms with E-state index in [-0.39, 0.29) is 17.7 Å². The van der Waals surface area contributed by atoms with Crippen LogP contribution in [-0.4, -0.2) is 46.0 Å². The maximum atomic E-state index is 13.2. The van der Waals surface area contributed by atoms with E-state index in [1.807, 2.05) is 18.2 Å². The summed E-state index contributed by atoms with van der Waals surface area (Å²) in [6, 6.07) is 9.74. The van der Waals surface area contributed by atoms with Gasteiger partial charge in [0.15, 0.2) is 0 Å². The van der Waals surface area contributed by atoms with Crippen molar-refractivity contribution in [3.05, 3.63) is 52.0 Å². The molecule has 0 aliphatic heterocycles. The van der Waals surface area contributed by atoms with Gasteiger partial charge in [0.1, 0.15) is 11.9 Å². The molecule has 0 saturated heterocycles. The van der Waals surface area contributed by atoms with Gasteiger partial charge in [0.25, 0.3) is 5.91 Å². The number of hydrogen-bond acceptors (Lipinski definition) is 5. The minimum Gasteiger partial charge on any atom is -0.354 e. The predicted molar refractivity (Wildman–Crippen MR) is 153 cm³/mol. The number of benzene rings is 1. The molecule has 3 rings (SSSR count). The van der Waals surface area contributed by atoms with Gasteiger partial charge >= 0.3 is 0 Å². The molecule has 0 bridgehead atoms. The lowest BCUT2D eigenvalue weighted by Crippen LogP contribution is -2.47. The normalized spacial score (nSPS) is 12.4. The SMILES string of the molecule is CCC(CC)n1c(Cc2cccs2)nc2cc(C(=O)NC(CC(C)C)C(=O)NCCCSC)ccc21. The van der Waals surface area contributed by atoms with Crippen LogP contribution in [0.15, 0.2) is 35.7 Å². The number of nitrogens with zero attached hydrogens (tertiary/aromatic N) is 2. The van der Waals surface area contributed by atoms with Crippen molar-refractivity contribution in [3.8, 4) is 0 Å². The van der Waals surface area contributed by atoms with Crippen LogP contribution in [0.4, 0.5) is 0 Å². The molecule has 6 nitrogen and oxygen atoms in total. The van der Waals surface area contributed by atoms with Gasteiger partial charge in [-0.3, -0.25) is 9.59 Å². The number of carbonyl (C=O) groups is 2. The number of fused-ring (bicyclic) bond motifs is 1. The van der Waals surface area contributed by atoms with E-state index in [9.17, 15) is 9.59 Å². The van der Waals surface area contributed by atoms with Gasteiger partial charge in [0.2, 0.25) is 5.91 Å². The highest BCUT2D eigenvalue weighted by molar-refractivity contribution is 7.98. The van der Waals surface area contributed by atoms with Crippen molar-refractivity contribution >= 4 is 45.9 Å². The lowest BCUT2D eigenvalue weighted by Gasteiger charge is -2.20. The number of imidazole rings is 1. The van der Waals surface area contributed by atoms with Gasteiger partial charge in [-0.15, -0.1) is 11.3 Å². The van der Waals surface area contributed by atoms with Gasteiger partial charge in [-0.2, -0.15) is 11.8 Å². The number of carbonyl (C=O) groups excluding carboxylic acids is 2. The van der Waals surface area contributed by atoms with Crippen molar-refractivity contribution < 1.29 is 9.59 Å². The minimum absolute atomic E-state index is 0.115. The number of hydrogen-bond donors (Lipinski definition) is 2. The molecular weight excluding hydrogens is 488 g/mol. The zero-order valence-electron chi connectivity index (χ0n) is 22.2. The fourth-order valence-electron chi connectivity index (χ4n) is 4.54. The molecule has 8 heteroatoms. The third-order valence-electron chi connectivity index (χ3n) is 6.40. The molecule has 2 aromatic heterocycles. The van der Waals surface area contributed by atoms with E-state index in [0.29, 0.717) is 24.6 Å². The van der Waals surface area contributed by atoms with E-state index in [4.69, 9.17) is 4.98 Å². The zero-order valence-corrected chi connectivity index (χ0v) is 23.8. The van der Waals surface area contributed by atoms with Crippen LogP contribution in [0.1, 0.15) is 80.5 Å². The Morgan fingerprint density at radius 2 is 1.94 bits per heavy atom. The van der Waals surface area contributed by atoms with Gasteiger partial charge in [-0.1, -0.05) is 33.8 Å². The highest BCUT2D eigenvalue weighted by Gasteiger charge is 2.24. The smallest absolute Gasteiger partial charge is 0.252 e. The molecule has 2 heterocycles. The highest BCUT2D eigenvalue weighted by atomic mass is 32.2. The first kappa shape index (κ1) is 28.3. The van der Waals surface area contributed by atoms with Crippen molar-refractivity contribution in [2.75, 3.05) is 18.6 Å². The molecule has 196 valence electrons. The highest BCUT2D eigenvalue weighted by Crippen LogP contribution is 2.28. The van der Waals surface area contributed by atoms with Gasteiger partial charge in [-0.25, -0.2) is 4.98 Å². The van der Waals surface area contributed by atoms with Crippen LogP contribution < -0.4 is 10.6 Å². The Hall–Kier alpha value is -2.32. The molecule has 3 aromatic rings. The average molecular weight is 529 g/mol. The fourth-order valence-corrected chi connectivity index (χ4v) is 5.68. The van der Waals surface area contributed by atoms with Crippen molar-refractivity contribution in [2.24, 2.45) is 5.92 Å². The molecule has 0 saturated carbocycles. The van der Waals surface area contributed by atoms with Crippen molar-refractivity contribution in [1.29, 1.82) is 0 Å². The van der Waals surface area contributed by atoms with Crippen LogP contribution in [0.3, 0.4) is 0 Å². The standard InChI is InChI=1S/C28H40N4O2S2/c1-6-21(7-2)32-25-12-11-20(17-23(25)30-26(32)18-22-10-8-15-36-22)27(33)31-24(16-19(3)4)28(34)29-13-9-14-35-5/h8,10-12,15,17,19,21,24H,6-7,9,13-14,16,18H2,1-5H3,(H,29,34)(H,31,33). The molecule has 2 N–H and O–H groups in total. The summed E-state index contributed by atoms with van der Waals surface area (Å²) in [7, 11) is 0. The number of amides is 2. The van der Waals surface area contributed by atoms with Crippen LogP contribution >= 0.6 is 23.1 Å². The van der Waals surface area contributed by atoms with Gasteiger partial charge in [0.05, 0.1) is 11.0 Å². The monoisotopic (exact) mass is 528 g/mol. The summed E-state index contributed by atoms with van der Waals surface area (Å²) in [4.78, 5) is 32.3. The van der Waals surface area contributed by atoms with E-state index in [1.165, 1.54) is 4.88 Å². The quantitative estimate of drug-likeness (QED) is 0.249. The molecule has 0 aliphatic carbocycles. The molecule has 0 spiro atoms. The Bertz CT molecular complexity index is 1120.